The van der Waals surface area contributed by atoms with E-state index in [1.165, 1.54) is 0 Å². The van der Waals surface area contributed by atoms with Crippen LogP contribution in [0.15, 0.2) is 5.38 Å². The molecule has 0 spiro atoms. The molecule has 4 heteroatoms. The van der Waals surface area contributed by atoms with Crippen LogP contribution in [0.25, 0.3) is 0 Å². The lowest BCUT2D eigenvalue weighted by molar-refractivity contribution is 0.250. The van der Waals surface area contributed by atoms with Crippen molar-refractivity contribution in [2.45, 2.75) is 32.9 Å². The molecular formula is C10H15N3S. The fourth-order valence-electron chi connectivity index (χ4n) is 1.18. The highest BCUT2D eigenvalue weighted by atomic mass is 32.1. The maximum atomic E-state index is 8.57. The van der Waals surface area contributed by atoms with Gasteiger partial charge in [-0.15, -0.1) is 11.3 Å². The average Bonchev–Trinajstić information content (AvgIpc) is 2.51. The number of nitriles is 1. The van der Waals surface area contributed by atoms with Gasteiger partial charge >= 0.3 is 0 Å². The first-order chi connectivity index (χ1) is 6.63. The molecule has 0 amide bonds. The molecule has 0 radical (unpaired) electrons. The molecule has 76 valence electrons. The molecule has 1 aromatic rings. The van der Waals surface area contributed by atoms with Crippen molar-refractivity contribution in [3.8, 4) is 6.07 Å². The van der Waals surface area contributed by atoms with Crippen molar-refractivity contribution in [1.29, 1.82) is 5.26 Å². The van der Waals surface area contributed by atoms with Gasteiger partial charge in [0.1, 0.15) is 0 Å². The first-order valence-electron chi connectivity index (χ1n) is 4.61. The molecule has 0 aromatic carbocycles. The minimum absolute atomic E-state index is 0.294. The molecule has 3 nitrogen and oxygen atoms in total. The predicted molar refractivity (Wildman–Crippen MR) is 58.0 cm³/mol. The number of aromatic nitrogens is 1. The molecule has 0 saturated carbocycles. The maximum Gasteiger partial charge on any atom is 0.0897 e. The van der Waals surface area contributed by atoms with Gasteiger partial charge in [-0.25, -0.2) is 4.98 Å². The zero-order chi connectivity index (χ0) is 10.6. The zero-order valence-corrected chi connectivity index (χ0v) is 9.64. The quantitative estimate of drug-likeness (QED) is 0.763. The van der Waals surface area contributed by atoms with Crippen LogP contribution in [-0.4, -0.2) is 23.0 Å². The van der Waals surface area contributed by atoms with Crippen LogP contribution in [0.2, 0.25) is 0 Å². The van der Waals surface area contributed by atoms with Crippen molar-refractivity contribution in [3.63, 3.8) is 0 Å². The minimum atomic E-state index is 0.294. The lowest BCUT2D eigenvalue weighted by Crippen LogP contribution is -2.28. The first kappa shape index (κ1) is 11.2. The number of rotatable bonds is 4. The summed E-state index contributed by atoms with van der Waals surface area (Å²) in [6.07, 6.45) is 0.569. The summed E-state index contributed by atoms with van der Waals surface area (Å²) in [7, 11) is 2.02. The molecule has 14 heavy (non-hydrogen) atoms. The van der Waals surface area contributed by atoms with Gasteiger partial charge in [0.05, 0.1) is 23.2 Å². The molecule has 1 aromatic heterocycles. The second kappa shape index (κ2) is 5.08. The Morgan fingerprint density at radius 1 is 1.71 bits per heavy atom. The number of hydrogen-bond acceptors (Lipinski definition) is 4. The third-order valence-corrected chi connectivity index (χ3v) is 3.04. The summed E-state index contributed by atoms with van der Waals surface area (Å²) < 4.78 is 0. The van der Waals surface area contributed by atoms with Gasteiger partial charge in [0.25, 0.3) is 0 Å². The van der Waals surface area contributed by atoms with Gasteiger partial charge in [0.2, 0.25) is 0 Å². The summed E-state index contributed by atoms with van der Waals surface area (Å²) in [5.41, 5.74) is 1.10. The second-order valence-corrected chi connectivity index (χ2v) is 4.55. The number of thiazole rings is 1. The van der Waals surface area contributed by atoms with Crippen LogP contribution < -0.4 is 0 Å². The monoisotopic (exact) mass is 209 g/mol. The van der Waals surface area contributed by atoms with Gasteiger partial charge < -0.3 is 0 Å². The number of hydrogen-bond donors (Lipinski definition) is 0. The molecular weight excluding hydrogens is 194 g/mol. The normalized spacial score (nSPS) is 12.8. The first-order valence-corrected chi connectivity index (χ1v) is 5.49. The van der Waals surface area contributed by atoms with E-state index in [0.29, 0.717) is 12.5 Å². The summed E-state index contributed by atoms with van der Waals surface area (Å²) in [4.78, 5) is 6.54. The molecule has 0 fully saturated rings. The van der Waals surface area contributed by atoms with E-state index in [9.17, 15) is 0 Å². The molecule has 1 rings (SSSR count). The Hall–Kier alpha value is -0.920. The van der Waals surface area contributed by atoms with Crippen LogP contribution in [-0.2, 0) is 6.54 Å². The highest BCUT2D eigenvalue weighted by molar-refractivity contribution is 7.09. The molecule has 0 bridgehead atoms. The van der Waals surface area contributed by atoms with Gasteiger partial charge in [-0.3, -0.25) is 4.90 Å². The van der Waals surface area contributed by atoms with E-state index in [-0.39, 0.29) is 0 Å². The molecule has 0 aliphatic carbocycles. The fraction of sp³-hybridized carbons (Fsp3) is 0.600. The second-order valence-electron chi connectivity index (χ2n) is 3.48. The van der Waals surface area contributed by atoms with Crippen LogP contribution in [0.1, 0.15) is 24.0 Å². The molecule has 1 heterocycles. The summed E-state index contributed by atoms with van der Waals surface area (Å²) in [5.74, 6) is 0. The summed E-state index contributed by atoms with van der Waals surface area (Å²) in [5, 5.41) is 11.7. The largest absolute Gasteiger partial charge is 0.297 e. The minimum Gasteiger partial charge on any atom is -0.297 e. The maximum absolute atomic E-state index is 8.57. The summed E-state index contributed by atoms with van der Waals surface area (Å²) in [6.45, 7) is 4.89. The third kappa shape index (κ3) is 3.09. The molecule has 0 aliphatic rings. The Labute approximate surface area is 89.0 Å². The molecule has 0 saturated heterocycles. The van der Waals surface area contributed by atoms with Crippen molar-refractivity contribution >= 4 is 11.3 Å². The van der Waals surface area contributed by atoms with E-state index in [4.69, 9.17) is 5.26 Å². The average molecular weight is 209 g/mol. The Balaban J connectivity index is 2.49. The van der Waals surface area contributed by atoms with Crippen LogP contribution >= 0.6 is 11.3 Å². The Morgan fingerprint density at radius 3 is 2.93 bits per heavy atom. The van der Waals surface area contributed by atoms with E-state index in [1.54, 1.807) is 11.3 Å². The van der Waals surface area contributed by atoms with Gasteiger partial charge in [0, 0.05) is 18.0 Å². The van der Waals surface area contributed by atoms with Gasteiger partial charge in [0.15, 0.2) is 0 Å². The summed E-state index contributed by atoms with van der Waals surface area (Å²) >= 11 is 1.67. The Morgan fingerprint density at radius 2 is 2.43 bits per heavy atom. The Kier molecular flexibility index (Phi) is 4.05. The lowest BCUT2D eigenvalue weighted by atomic mass is 10.2. The van der Waals surface area contributed by atoms with Gasteiger partial charge in [-0.2, -0.15) is 5.26 Å². The van der Waals surface area contributed by atoms with E-state index in [2.05, 4.69) is 28.3 Å². The van der Waals surface area contributed by atoms with Crippen LogP contribution in [0.3, 0.4) is 0 Å². The smallest absolute Gasteiger partial charge is 0.0897 e. The van der Waals surface area contributed by atoms with E-state index in [1.807, 2.05) is 14.0 Å². The number of aryl methyl sites for hydroxylation is 1. The van der Waals surface area contributed by atoms with Gasteiger partial charge in [-0.05, 0) is 20.9 Å². The van der Waals surface area contributed by atoms with Crippen molar-refractivity contribution in [2.24, 2.45) is 0 Å². The van der Waals surface area contributed by atoms with E-state index >= 15 is 0 Å². The molecule has 1 unspecified atom stereocenters. The van der Waals surface area contributed by atoms with Crippen LogP contribution in [0, 0.1) is 18.3 Å². The van der Waals surface area contributed by atoms with Crippen LogP contribution in [0.4, 0.5) is 0 Å². The van der Waals surface area contributed by atoms with E-state index in [0.717, 1.165) is 17.2 Å². The number of nitrogens with zero attached hydrogens (tertiary/aromatic N) is 3. The van der Waals surface area contributed by atoms with Crippen molar-refractivity contribution in [2.75, 3.05) is 7.05 Å². The van der Waals surface area contributed by atoms with Gasteiger partial charge in [-0.1, -0.05) is 0 Å². The molecule has 0 aliphatic heterocycles. The van der Waals surface area contributed by atoms with Crippen molar-refractivity contribution in [1.82, 2.24) is 9.88 Å². The van der Waals surface area contributed by atoms with Crippen LogP contribution in [0.5, 0.6) is 0 Å². The van der Waals surface area contributed by atoms with Crippen molar-refractivity contribution in [3.05, 3.63) is 16.1 Å². The third-order valence-electron chi connectivity index (χ3n) is 2.22. The Bertz CT molecular complexity index is 326. The fourth-order valence-corrected chi connectivity index (χ4v) is 1.78. The zero-order valence-electron chi connectivity index (χ0n) is 8.82. The lowest BCUT2D eigenvalue weighted by Gasteiger charge is -2.21. The van der Waals surface area contributed by atoms with E-state index < -0.39 is 0 Å². The molecule has 1 atom stereocenters. The highest BCUT2D eigenvalue weighted by Gasteiger charge is 2.10. The standard InChI is InChI=1S/C10H15N3S/c1-8(4-5-11)13(3)6-10-7-14-9(2)12-10/h7-8H,4,6H2,1-3H3. The molecule has 0 N–H and O–H groups in total. The SMILES string of the molecule is Cc1nc(CN(C)C(C)CC#N)cs1. The summed E-state index contributed by atoms with van der Waals surface area (Å²) in [6, 6.07) is 2.47. The topological polar surface area (TPSA) is 39.9 Å². The highest BCUT2D eigenvalue weighted by Crippen LogP contribution is 2.11. The van der Waals surface area contributed by atoms with Crippen molar-refractivity contribution < 1.29 is 0 Å². The predicted octanol–water partition coefficient (Wildman–Crippen LogP) is 2.19.